The zero-order valence-electron chi connectivity index (χ0n) is 12.7. The minimum Gasteiger partial charge on any atom is -0.369 e. The lowest BCUT2D eigenvalue weighted by Gasteiger charge is -2.14. The van der Waals surface area contributed by atoms with Gasteiger partial charge in [0.2, 0.25) is 11.9 Å². The number of carbonyl (C=O) groups excluding carboxylic acids is 1. The molecular formula is C14H20N6OS. The monoisotopic (exact) mass is 320 g/mol. The van der Waals surface area contributed by atoms with Crippen molar-refractivity contribution in [1.29, 1.82) is 0 Å². The summed E-state index contributed by atoms with van der Waals surface area (Å²) in [7, 11) is 0. The van der Waals surface area contributed by atoms with Crippen molar-refractivity contribution in [2.75, 3.05) is 24.6 Å². The summed E-state index contributed by atoms with van der Waals surface area (Å²) in [5.41, 5.74) is 7.63. The van der Waals surface area contributed by atoms with Crippen molar-refractivity contribution in [2.45, 2.75) is 37.8 Å². The molecule has 0 aliphatic carbocycles. The number of aromatic nitrogens is 4. The second-order valence-corrected chi connectivity index (χ2v) is 6.35. The topological polar surface area (TPSA) is 89.4 Å². The number of anilines is 1. The van der Waals surface area contributed by atoms with Crippen LogP contribution < -0.4 is 5.73 Å². The lowest BCUT2D eigenvalue weighted by atomic mass is 10.2. The highest BCUT2D eigenvalue weighted by Gasteiger charge is 2.19. The Labute approximate surface area is 133 Å². The maximum atomic E-state index is 12.1. The number of aryl methyl sites for hydroxylation is 1. The third kappa shape index (κ3) is 3.01. The maximum Gasteiger partial charge on any atom is 0.233 e. The fraction of sp³-hybridized carbons (Fsp3) is 0.571. The molecule has 0 spiro atoms. The normalized spacial score (nSPS) is 14.9. The van der Waals surface area contributed by atoms with Crippen LogP contribution >= 0.6 is 11.8 Å². The standard InChI is InChI=1S/C14H20N6OS/c1-2-5-10-8-11-17-18-14(20(11)13(15)16-10)22-9-12(21)19-6-3-4-7-19/h8H,2-7,9H2,1H3,(H2,15,16). The highest BCUT2D eigenvalue weighted by molar-refractivity contribution is 7.99. The van der Waals surface area contributed by atoms with E-state index in [1.165, 1.54) is 11.8 Å². The summed E-state index contributed by atoms with van der Waals surface area (Å²) < 4.78 is 1.71. The Hall–Kier alpha value is -1.83. The van der Waals surface area contributed by atoms with Crippen molar-refractivity contribution >= 4 is 29.3 Å². The molecule has 8 heteroatoms. The maximum absolute atomic E-state index is 12.1. The van der Waals surface area contributed by atoms with E-state index in [9.17, 15) is 4.79 Å². The van der Waals surface area contributed by atoms with Crippen molar-refractivity contribution in [3.63, 3.8) is 0 Å². The molecule has 3 rings (SSSR count). The number of amides is 1. The van der Waals surface area contributed by atoms with Gasteiger partial charge in [0.1, 0.15) is 0 Å². The van der Waals surface area contributed by atoms with E-state index in [0.717, 1.165) is 44.5 Å². The van der Waals surface area contributed by atoms with E-state index in [0.29, 0.717) is 22.5 Å². The third-order valence-corrected chi connectivity index (χ3v) is 4.64. The Bertz CT molecular complexity index is 679. The Morgan fingerprint density at radius 3 is 2.86 bits per heavy atom. The first-order valence-corrected chi connectivity index (χ1v) is 8.58. The number of nitrogens with two attached hydrogens (primary N) is 1. The summed E-state index contributed by atoms with van der Waals surface area (Å²) in [6.45, 7) is 3.82. The molecular weight excluding hydrogens is 300 g/mol. The third-order valence-electron chi connectivity index (χ3n) is 3.73. The first-order valence-electron chi connectivity index (χ1n) is 7.60. The number of thioether (sulfide) groups is 1. The van der Waals surface area contributed by atoms with E-state index in [-0.39, 0.29) is 5.91 Å². The summed E-state index contributed by atoms with van der Waals surface area (Å²) in [6.07, 6.45) is 4.06. The molecule has 1 aliphatic rings. The van der Waals surface area contributed by atoms with E-state index >= 15 is 0 Å². The molecule has 1 aliphatic heterocycles. The van der Waals surface area contributed by atoms with Gasteiger partial charge in [-0.15, -0.1) is 10.2 Å². The molecule has 0 radical (unpaired) electrons. The Morgan fingerprint density at radius 1 is 1.36 bits per heavy atom. The van der Waals surface area contributed by atoms with Gasteiger partial charge in [-0.25, -0.2) is 9.38 Å². The van der Waals surface area contributed by atoms with Gasteiger partial charge >= 0.3 is 0 Å². The van der Waals surface area contributed by atoms with Crippen LogP contribution in [0.25, 0.3) is 5.65 Å². The van der Waals surface area contributed by atoms with Crippen LogP contribution in [0.2, 0.25) is 0 Å². The number of nitrogen functional groups attached to an aromatic ring is 1. The van der Waals surface area contributed by atoms with E-state index < -0.39 is 0 Å². The molecule has 0 saturated carbocycles. The number of carbonyl (C=O) groups is 1. The average Bonchev–Trinajstić information content (AvgIpc) is 3.15. The van der Waals surface area contributed by atoms with Crippen molar-refractivity contribution in [3.05, 3.63) is 11.8 Å². The number of likely N-dealkylation sites (tertiary alicyclic amines) is 1. The largest absolute Gasteiger partial charge is 0.369 e. The molecule has 1 amide bonds. The van der Waals surface area contributed by atoms with Gasteiger partial charge in [-0.05, 0) is 19.3 Å². The van der Waals surface area contributed by atoms with Crippen LogP contribution in [0.5, 0.6) is 0 Å². The van der Waals surface area contributed by atoms with Crippen molar-refractivity contribution in [1.82, 2.24) is 24.5 Å². The van der Waals surface area contributed by atoms with E-state index in [4.69, 9.17) is 5.73 Å². The summed E-state index contributed by atoms with van der Waals surface area (Å²) in [4.78, 5) is 18.4. The molecule has 22 heavy (non-hydrogen) atoms. The van der Waals surface area contributed by atoms with E-state index in [2.05, 4.69) is 22.1 Å². The van der Waals surface area contributed by atoms with Gasteiger partial charge in [0, 0.05) is 24.8 Å². The summed E-state index contributed by atoms with van der Waals surface area (Å²) in [5.74, 6) is 0.882. The fourth-order valence-electron chi connectivity index (χ4n) is 2.63. The molecule has 2 aromatic heterocycles. The highest BCUT2D eigenvalue weighted by atomic mass is 32.2. The molecule has 1 saturated heterocycles. The molecule has 0 bridgehead atoms. The number of fused-ring (bicyclic) bond motifs is 1. The van der Waals surface area contributed by atoms with Gasteiger partial charge in [0.15, 0.2) is 10.8 Å². The molecule has 0 atom stereocenters. The van der Waals surface area contributed by atoms with Crippen LogP contribution in [0, 0.1) is 0 Å². The van der Waals surface area contributed by atoms with Crippen molar-refractivity contribution in [2.24, 2.45) is 0 Å². The Morgan fingerprint density at radius 2 is 2.14 bits per heavy atom. The molecule has 0 unspecified atom stereocenters. The van der Waals surface area contributed by atoms with Crippen molar-refractivity contribution < 1.29 is 4.79 Å². The molecule has 2 aromatic rings. The van der Waals surface area contributed by atoms with Gasteiger partial charge in [-0.1, -0.05) is 25.1 Å². The Kier molecular flexibility index (Phi) is 4.47. The molecule has 0 aromatic carbocycles. The van der Waals surface area contributed by atoms with Crippen LogP contribution in [-0.2, 0) is 11.2 Å². The van der Waals surface area contributed by atoms with Gasteiger partial charge < -0.3 is 10.6 Å². The fourth-order valence-corrected chi connectivity index (χ4v) is 3.48. The van der Waals surface area contributed by atoms with E-state index in [1.54, 1.807) is 4.40 Å². The van der Waals surface area contributed by atoms with Crippen LogP contribution in [-0.4, -0.2) is 49.2 Å². The first kappa shape index (κ1) is 15.1. The zero-order chi connectivity index (χ0) is 15.5. The second-order valence-electron chi connectivity index (χ2n) is 5.41. The van der Waals surface area contributed by atoms with Gasteiger partial charge in [0.05, 0.1) is 5.75 Å². The van der Waals surface area contributed by atoms with Gasteiger partial charge in [-0.3, -0.25) is 4.79 Å². The minimum absolute atomic E-state index is 0.147. The van der Waals surface area contributed by atoms with Crippen molar-refractivity contribution in [3.8, 4) is 0 Å². The second kappa shape index (κ2) is 6.51. The SMILES string of the molecule is CCCc1cc2nnc(SCC(=O)N3CCCC3)n2c(N)n1. The smallest absolute Gasteiger partial charge is 0.233 e. The van der Waals surface area contributed by atoms with Crippen LogP contribution in [0.15, 0.2) is 11.2 Å². The predicted octanol–water partition coefficient (Wildman–Crippen LogP) is 1.37. The van der Waals surface area contributed by atoms with Gasteiger partial charge in [-0.2, -0.15) is 0 Å². The minimum atomic E-state index is 0.147. The van der Waals surface area contributed by atoms with Crippen LogP contribution in [0.1, 0.15) is 31.9 Å². The lowest BCUT2D eigenvalue weighted by Crippen LogP contribution is -2.29. The van der Waals surface area contributed by atoms with Gasteiger partial charge in [0.25, 0.3) is 0 Å². The molecule has 3 heterocycles. The number of rotatable bonds is 5. The molecule has 1 fully saturated rings. The average molecular weight is 320 g/mol. The van der Waals surface area contributed by atoms with Crippen LogP contribution in [0.4, 0.5) is 5.95 Å². The lowest BCUT2D eigenvalue weighted by molar-refractivity contribution is -0.127. The summed E-state index contributed by atoms with van der Waals surface area (Å²) in [5, 5.41) is 8.91. The predicted molar refractivity (Wildman–Crippen MR) is 85.7 cm³/mol. The molecule has 7 nitrogen and oxygen atoms in total. The summed E-state index contributed by atoms with van der Waals surface area (Å²) >= 11 is 1.36. The number of hydrogen-bond acceptors (Lipinski definition) is 6. The first-order chi connectivity index (χ1) is 10.7. The summed E-state index contributed by atoms with van der Waals surface area (Å²) in [6, 6.07) is 1.90. The van der Waals surface area contributed by atoms with Crippen LogP contribution in [0.3, 0.4) is 0 Å². The Balaban J connectivity index is 1.75. The highest BCUT2D eigenvalue weighted by Crippen LogP contribution is 2.21. The van der Waals surface area contributed by atoms with E-state index in [1.807, 2.05) is 11.0 Å². The molecule has 118 valence electrons. The number of nitrogens with zero attached hydrogens (tertiary/aromatic N) is 5. The number of hydrogen-bond donors (Lipinski definition) is 1. The quantitative estimate of drug-likeness (QED) is 0.837. The molecule has 2 N–H and O–H groups in total. The zero-order valence-corrected chi connectivity index (χ0v) is 13.5.